The van der Waals surface area contributed by atoms with Gasteiger partial charge in [0.1, 0.15) is 36.0 Å². The minimum absolute atomic E-state index is 0.0482. The number of aromatic nitrogens is 8. The van der Waals surface area contributed by atoms with Gasteiger partial charge in [-0.05, 0) is 73.8 Å². The fourth-order valence-electron chi connectivity index (χ4n) is 9.11. The first-order valence-electron chi connectivity index (χ1n) is 19.5. The van der Waals surface area contributed by atoms with E-state index in [1.54, 1.807) is 12.7 Å². The van der Waals surface area contributed by atoms with E-state index < -0.39 is 29.0 Å². The molecule has 4 aliphatic rings. The summed E-state index contributed by atoms with van der Waals surface area (Å²) in [5, 5.41) is 0.402. The maximum absolute atomic E-state index is 15.8. The zero-order chi connectivity index (χ0) is 39.6. The van der Waals surface area contributed by atoms with Gasteiger partial charge in [-0.1, -0.05) is 67.0 Å². The summed E-state index contributed by atoms with van der Waals surface area (Å²) >= 11 is 6.14. The predicted molar refractivity (Wildman–Crippen MR) is 214 cm³/mol. The summed E-state index contributed by atoms with van der Waals surface area (Å²) in [5.74, 6) is 0.832. The lowest BCUT2D eigenvalue weighted by Crippen LogP contribution is -2.48. The van der Waals surface area contributed by atoms with E-state index in [0.717, 1.165) is 25.7 Å². The number of fused-ring (bicyclic) bond motifs is 4. The monoisotopic (exact) mass is 801 g/mol. The van der Waals surface area contributed by atoms with E-state index in [9.17, 15) is 0 Å². The van der Waals surface area contributed by atoms with Crippen molar-refractivity contribution in [3.05, 3.63) is 30.5 Å². The molecular weight excluding hydrogens is 744 g/mol. The predicted octanol–water partition coefficient (Wildman–Crippen LogP) is 9.29. The number of nitrogens with two attached hydrogens (primary N) is 1. The Labute approximate surface area is 324 Å². The number of hydrogen-bond donors (Lipinski definition) is 1. The Morgan fingerprint density at radius 1 is 0.722 bits per heavy atom. The molecule has 0 aliphatic heterocycles. The largest absolute Gasteiger partial charge is 0.410 e. The zero-order valence-electron chi connectivity index (χ0n) is 33.9. The van der Waals surface area contributed by atoms with Gasteiger partial charge in [-0.3, -0.25) is 0 Å². The van der Waals surface area contributed by atoms with E-state index in [1.165, 1.54) is 12.7 Å². The average Bonchev–Trinajstić information content (AvgIpc) is 3.79. The molecule has 0 saturated heterocycles. The van der Waals surface area contributed by atoms with Crippen molar-refractivity contribution in [1.29, 1.82) is 0 Å². The van der Waals surface area contributed by atoms with Crippen LogP contribution in [0, 0.1) is 22.7 Å². The number of hydrogen-bond acceptors (Lipinski definition) is 9. The van der Waals surface area contributed by atoms with Crippen LogP contribution in [0.2, 0.25) is 41.4 Å². The third-order valence-electron chi connectivity index (χ3n) is 14.7. The molecular formula is C38H58ClF2N9O2Si2. The van der Waals surface area contributed by atoms with Crippen molar-refractivity contribution in [3.8, 4) is 0 Å². The SMILES string of the molecule is CC[C@@]12C[C@@H]1[C@@H](n1cnc3c(Cl)ncnc31)[C@H](F)[C@@H]2O[Si](C)(C)C(C)(C)C.CC[C@@]12C[C@@H]1[C@@H](n1cnc3c(N)ncnc31)[C@H](F)[C@@H]2O[Si](C)(C)C(C)(C)C. The fourth-order valence-corrected chi connectivity index (χ4v) is 12.0. The molecule has 8 rings (SSSR count). The molecule has 4 aliphatic carbocycles. The molecule has 0 bridgehead atoms. The van der Waals surface area contributed by atoms with Crippen molar-refractivity contribution in [3.63, 3.8) is 0 Å². The molecule has 0 radical (unpaired) electrons. The van der Waals surface area contributed by atoms with Crippen molar-refractivity contribution >= 4 is 56.4 Å². The molecule has 4 fully saturated rings. The first-order valence-corrected chi connectivity index (χ1v) is 25.7. The van der Waals surface area contributed by atoms with Crippen LogP contribution in [-0.2, 0) is 8.85 Å². The quantitative estimate of drug-likeness (QED) is 0.137. The van der Waals surface area contributed by atoms with Gasteiger partial charge in [-0.2, -0.15) is 0 Å². The third-order valence-corrected chi connectivity index (χ3v) is 23.8. The number of imidazole rings is 2. The molecule has 0 amide bonds. The van der Waals surface area contributed by atoms with Gasteiger partial charge in [0.15, 0.2) is 38.9 Å². The maximum Gasteiger partial charge on any atom is 0.192 e. The molecule has 4 heterocycles. The highest BCUT2D eigenvalue weighted by Gasteiger charge is 2.74. The first-order chi connectivity index (χ1) is 25.1. The molecule has 11 nitrogen and oxygen atoms in total. The van der Waals surface area contributed by atoms with Gasteiger partial charge < -0.3 is 23.7 Å². The minimum atomic E-state index is -2.08. The molecule has 2 N–H and O–H groups in total. The summed E-state index contributed by atoms with van der Waals surface area (Å²) in [6.07, 6.45) is 7.11. The molecule has 296 valence electrons. The standard InChI is InChI=1S/C19H28ClFN4OSi.C19H30FN5OSi/c1-7-19-8-11(19)14(12(21)15(19)26-27(5,6)18(2,3)4)25-10-24-13-16(20)22-9-23-17(13)25;1-7-19-8-11(19)14(12(20)15(19)26-27(5,6)18(2,3)4)25-10-24-13-16(21)22-9-23-17(13)25/h9-12,14-15H,7-8H2,1-6H3;9-12,14-15H,7-8H2,1-6H3,(H2,21,22,23)/t2*11-,12+,14-,15+,19-/m11/s1. The zero-order valence-corrected chi connectivity index (χ0v) is 36.6. The Kier molecular flexibility index (Phi) is 9.52. The summed E-state index contributed by atoms with van der Waals surface area (Å²) in [5.41, 5.74) is 8.06. The van der Waals surface area contributed by atoms with Gasteiger partial charge in [0.05, 0.1) is 36.9 Å². The average molecular weight is 803 g/mol. The number of alkyl halides is 2. The molecule has 4 aromatic rings. The van der Waals surface area contributed by atoms with Crippen LogP contribution in [0.5, 0.6) is 0 Å². The number of anilines is 1. The van der Waals surface area contributed by atoms with Gasteiger partial charge in [0, 0.05) is 10.8 Å². The van der Waals surface area contributed by atoms with Gasteiger partial charge in [-0.25, -0.2) is 38.7 Å². The van der Waals surface area contributed by atoms with Crippen molar-refractivity contribution in [1.82, 2.24) is 39.0 Å². The van der Waals surface area contributed by atoms with Gasteiger partial charge in [-0.15, -0.1) is 0 Å². The summed E-state index contributed by atoms with van der Waals surface area (Å²) in [7, 11) is -4.16. The molecule has 10 atom stereocenters. The Morgan fingerprint density at radius 2 is 1.13 bits per heavy atom. The lowest BCUT2D eigenvalue weighted by atomic mass is 9.97. The van der Waals surface area contributed by atoms with Crippen LogP contribution in [0.3, 0.4) is 0 Å². The molecule has 0 spiro atoms. The number of nitrogen functional groups attached to an aromatic ring is 1. The van der Waals surface area contributed by atoms with E-state index in [0.29, 0.717) is 33.3 Å². The Balaban J connectivity index is 0.000000167. The van der Waals surface area contributed by atoms with Crippen LogP contribution in [-0.4, -0.2) is 80.2 Å². The normalized spacial score (nSPS) is 33.5. The topological polar surface area (TPSA) is 132 Å². The lowest BCUT2D eigenvalue weighted by molar-refractivity contribution is 0.0389. The van der Waals surface area contributed by atoms with E-state index in [4.69, 9.17) is 26.2 Å². The Morgan fingerprint density at radius 3 is 1.56 bits per heavy atom. The van der Waals surface area contributed by atoms with Gasteiger partial charge in [0.25, 0.3) is 0 Å². The van der Waals surface area contributed by atoms with Crippen LogP contribution in [0.4, 0.5) is 14.6 Å². The van der Waals surface area contributed by atoms with Crippen molar-refractivity contribution in [2.24, 2.45) is 22.7 Å². The van der Waals surface area contributed by atoms with Crippen molar-refractivity contribution < 1.29 is 17.6 Å². The fraction of sp³-hybridized carbons (Fsp3) is 0.737. The summed E-state index contributed by atoms with van der Waals surface area (Å²) in [4.78, 5) is 25.3. The second-order valence-corrected chi connectivity index (χ2v) is 29.2. The summed E-state index contributed by atoms with van der Waals surface area (Å²) < 4.78 is 48.8. The van der Waals surface area contributed by atoms with Crippen LogP contribution in [0.1, 0.15) is 93.2 Å². The number of rotatable bonds is 8. The molecule has 54 heavy (non-hydrogen) atoms. The number of nitrogens with zero attached hydrogens (tertiary/aromatic N) is 8. The highest BCUT2D eigenvalue weighted by molar-refractivity contribution is 6.74. The maximum atomic E-state index is 15.8. The molecule has 16 heteroatoms. The second kappa shape index (κ2) is 13.0. The summed E-state index contributed by atoms with van der Waals surface area (Å²) in [6, 6.07) is -0.616. The van der Waals surface area contributed by atoms with Crippen LogP contribution < -0.4 is 5.73 Å². The van der Waals surface area contributed by atoms with Crippen LogP contribution in [0.15, 0.2) is 25.3 Å². The highest BCUT2D eigenvalue weighted by atomic mass is 35.5. The first kappa shape index (κ1) is 39.6. The van der Waals surface area contributed by atoms with E-state index >= 15 is 8.78 Å². The minimum Gasteiger partial charge on any atom is -0.410 e. The molecule has 0 unspecified atom stereocenters. The second-order valence-electron chi connectivity index (χ2n) is 19.3. The highest BCUT2D eigenvalue weighted by Crippen LogP contribution is 2.72. The van der Waals surface area contributed by atoms with E-state index in [1.807, 2.05) is 9.13 Å². The Hall–Kier alpha value is -2.60. The lowest BCUT2D eigenvalue weighted by Gasteiger charge is -2.41. The third kappa shape index (κ3) is 5.96. The van der Waals surface area contributed by atoms with Crippen LogP contribution >= 0.6 is 11.6 Å². The number of halogens is 3. The van der Waals surface area contributed by atoms with Crippen LogP contribution in [0.25, 0.3) is 22.3 Å². The van der Waals surface area contributed by atoms with Crippen molar-refractivity contribution in [2.75, 3.05) is 5.73 Å². The summed E-state index contributed by atoms with van der Waals surface area (Å²) in [6.45, 7) is 26.3. The van der Waals surface area contributed by atoms with Crippen molar-refractivity contribution in [2.45, 2.75) is 154 Å². The Bertz CT molecular complexity index is 1910. The smallest absolute Gasteiger partial charge is 0.192 e. The molecule has 4 aromatic heterocycles. The van der Waals surface area contributed by atoms with E-state index in [2.05, 4.69) is 111 Å². The molecule has 4 saturated carbocycles. The van der Waals surface area contributed by atoms with Gasteiger partial charge in [0.2, 0.25) is 0 Å². The van der Waals surface area contributed by atoms with E-state index in [-0.39, 0.29) is 57.0 Å². The van der Waals surface area contributed by atoms with Gasteiger partial charge >= 0.3 is 0 Å². The molecule has 0 aromatic carbocycles.